The van der Waals surface area contributed by atoms with Crippen LogP contribution < -0.4 is 10.1 Å². The van der Waals surface area contributed by atoms with Gasteiger partial charge in [-0.2, -0.15) is 0 Å². The van der Waals surface area contributed by atoms with Gasteiger partial charge in [0.15, 0.2) is 0 Å². The average Bonchev–Trinajstić information content (AvgIpc) is 2.32. The summed E-state index contributed by atoms with van der Waals surface area (Å²) in [6, 6.07) is 8.03. The van der Waals surface area contributed by atoms with Gasteiger partial charge in [0, 0.05) is 37.2 Å². The van der Waals surface area contributed by atoms with E-state index in [-0.39, 0.29) is 5.60 Å². The molecule has 0 saturated carbocycles. The molecule has 0 bridgehead atoms. The van der Waals surface area contributed by atoms with Crippen LogP contribution in [0.25, 0.3) is 0 Å². The Morgan fingerprint density at radius 2 is 1.83 bits per heavy atom. The van der Waals surface area contributed by atoms with Crippen LogP contribution in [0.4, 0.5) is 0 Å². The summed E-state index contributed by atoms with van der Waals surface area (Å²) in [6.45, 7) is 9.63. The zero-order valence-electron chi connectivity index (χ0n) is 11.1. The molecule has 0 atom stereocenters. The first kappa shape index (κ1) is 13.8. The zero-order valence-corrected chi connectivity index (χ0v) is 12.7. The summed E-state index contributed by atoms with van der Waals surface area (Å²) in [4.78, 5) is 2.45. The van der Waals surface area contributed by atoms with Crippen molar-refractivity contribution in [2.24, 2.45) is 0 Å². The van der Waals surface area contributed by atoms with Gasteiger partial charge in [0.2, 0.25) is 0 Å². The molecule has 1 aromatic rings. The smallest absolute Gasteiger partial charge is 0.120 e. The van der Waals surface area contributed by atoms with E-state index in [0.717, 1.165) is 42.9 Å². The van der Waals surface area contributed by atoms with Crippen molar-refractivity contribution < 1.29 is 4.74 Å². The normalized spacial score (nSPS) is 17.7. The largest absolute Gasteiger partial charge is 0.487 e. The predicted octanol–water partition coefficient (Wildman–Crippen LogP) is 2.51. The van der Waals surface area contributed by atoms with Gasteiger partial charge in [-0.1, -0.05) is 15.9 Å². The fraction of sp³-hybridized carbons (Fsp3) is 0.571. The monoisotopic (exact) mass is 312 g/mol. The van der Waals surface area contributed by atoms with Crippen LogP contribution in [0.15, 0.2) is 28.7 Å². The third kappa shape index (κ3) is 4.26. The molecule has 1 aliphatic heterocycles. The van der Waals surface area contributed by atoms with Gasteiger partial charge in [-0.15, -0.1) is 0 Å². The van der Waals surface area contributed by atoms with Crippen LogP contribution in [0.5, 0.6) is 5.75 Å². The van der Waals surface area contributed by atoms with Gasteiger partial charge in [0.25, 0.3) is 0 Å². The topological polar surface area (TPSA) is 24.5 Å². The maximum atomic E-state index is 6.08. The number of ether oxygens (including phenoxy) is 1. The Balaban J connectivity index is 1.91. The third-order valence-corrected chi connectivity index (χ3v) is 3.55. The summed E-state index contributed by atoms with van der Waals surface area (Å²) >= 11 is 3.43. The van der Waals surface area contributed by atoms with Crippen LogP contribution in [0, 0.1) is 0 Å². The SMILES string of the molecule is CC(C)(CN1CCNCC1)Oc1ccc(Br)cc1. The van der Waals surface area contributed by atoms with E-state index in [0.29, 0.717) is 0 Å². The van der Waals surface area contributed by atoms with Crippen molar-refractivity contribution in [1.82, 2.24) is 10.2 Å². The summed E-state index contributed by atoms with van der Waals surface area (Å²) in [7, 11) is 0. The molecule has 1 heterocycles. The molecule has 1 N–H and O–H groups in total. The van der Waals surface area contributed by atoms with Crippen molar-refractivity contribution in [2.75, 3.05) is 32.7 Å². The minimum absolute atomic E-state index is 0.162. The molecule has 0 spiro atoms. The summed E-state index contributed by atoms with van der Waals surface area (Å²) in [6.07, 6.45) is 0. The van der Waals surface area contributed by atoms with E-state index in [4.69, 9.17) is 4.74 Å². The van der Waals surface area contributed by atoms with Gasteiger partial charge >= 0.3 is 0 Å². The lowest BCUT2D eigenvalue weighted by atomic mass is 10.1. The van der Waals surface area contributed by atoms with Crippen molar-refractivity contribution in [3.8, 4) is 5.75 Å². The molecule has 0 aliphatic carbocycles. The highest BCUT2D eigenvalue weighted by Gasteiger charge is 2.24. The molecule has 1 aliphatic rings. The highest BCUT2D eigenvalue weighted by atomic mass is 79.9. The molecular weight excluding hydrogens is 292 g/mol. The zero-order chi connectivity index (χ0) is 13.0. The second-order valence-electron chi connectivity index (χ2n) is 5.34. The molecule has 0 amide bonds. The van der Waals surface area contributed by atoms with Gasteiger partial charge < -0.3 is 10.1 Å². The second kappa shape index (κ2) is 6.04. The highest BCUT2D eigenvalue weighted by Crippen LogP contribution is 2.21. The van der Waals surface area contributed by atoms with Crippen molar-refractivity contribution in [1.29, 1.82) is 0 Å². The number of halogens is 1. The van der Waals surface area contributed by atoms with Gasteiger partial charge in [0.1, 0.15) is 11.4 Å². The van der Waals surface area contributed by atoms with Crippen molar-refractivity contribution in [2.45, 2.75) is 19.4 Å². The fourth-order valence-corrected chi connectivity index (χ4v) is 2.53. The Morgan fingerprint density at radius 3 is 2.44 bits per heavy atom. The standard InChI is InChI=1S/C14H21BrN2O/c1-14(2,11-17-9-7-16-8-10-17)18-13-5-3-12(15)4-6-13/h3-6,16H,7-11H2,1-2H3. The molecule has 0 unspecified atom stereocenters. The first-order valence-electron chi connectivity index (χ1n) is 6.43. The first-order valence-corrected chi connectivity index (χ1v) is 7.22. The molecule has 0 aromatic heterocycles. The second-order valence-corrected chi connectivity index (χ2v) is 6.26. The highest BCUT2D eigenvalue weighted by molar-refractivity contribution is 9.10. The maximum absolute atomic E-state index is 6.08. The van der Waals surface area contributed by atoms with E-state index >= 15 is 0 Å². The number of hydrogen-bond acceptors (Lipinski definition) is 3. The van der Waals surface area contributed by atoms with E-state index in [2.05, 4.69) is 40.0 Å². The molecule has 4 heteroatoms. The van der Waals surface area contributed by atoms with Crippen LogP contribution in [0.1, 0.15) is 13.8 Å². The average molecular weight is 313 g/mol. The quantitative estimate of drug-likeness (QED) is 0.924. The Kier molecular flexibility index (Phi) is 4.65. The van der Waals surface area contributed by atoms with Crippen molar-refractivity contribution >= 4 is 15.9 Å². The summed E-state index contributed by atoms with van der Waals surface area (Å²) in [5.41, 5.74) is -0.162. The van der Waals surface area contributed by atoms with Crippen LogP contribution in [-0.2, 0) is 0 Å². The van der Waals surface area contributed by atoms with E-state index < -0.39 is 0 Å². The lowest BCUT2D eigenvalue weighted by molar-refractivity contribution is 0.0547. The minimum atomic E-state index is -0.162. The molecule has 2 rings (SSSR count). The minimum Gasteiger partial charge on any atom is -0.487 e. The summed E-state index contributed by atoms with van der Waals surface area (Å²) in [5.74, 6) is 0.929. The van der Waals surface area contributed by atoms with Crippen molar-refractivity contribution in [3.05, 3.63) is 28.7 Å². The summed E-state index contributed by atoms with van der Waals surface area (Å²) in [5, 5.41) is 3.37. The number of hydrogen-bond donors (Lipinski definition) is 1. The van der Waals surface area contributed by atoms with Gasteiger partial charge in [-0.25, -0.2) is 0 Å². The van der Waals surface area contributed by atoms with Crippen LogP contribution >= 0.6 is 15.9 Å². The lowest BCUT2D eigenvalue weighted by Crippen LogP contribution is -2.50. The molecular formula is C14H21BrN2O. The van der Waals surface area contributed by atoms with Crippen LogP contribution in [0.2, 0.25) is 0 Å². The van der Waals surface area contributed by atoms with Crippen LogP contribution in [-0.4, -0.2) is 43.2 Å². The predicted molar refractivity (Wildman–Crippen MR) is 78.2 cm³/mol. The number of benzene rings is 1. The number of rotatable bonds is 4. The van der Waals surface area contributed by atoms with Gasteiger partial charge in [-0.05, 0) is 38.1 Å². The molecule has 1 saturated heterocycles. The first-order chi connectivity index (χ1) is 8.55. The molecule has 3 nitrogen and oxygen atoms in total. The Hall–Kier alpha value is -0.580. The van der Waals surface area contributed by atoms with Gasteiger partial charge in [-0.3, -0.25) is 4.90 Å². The number of nitrogens with one attached hydrogen (secondary N) is 1. The fourth-order valence-electron chi connectivity index (χ4n) is 2.26. The molecule has 1 fully saturated rings. The van der Waals surface area contributed by atoms with Crippen molar-refractivity contribution in [3.63, 3.8) is 0 Å². The lowest BCUT2D eigenvalue weighted by Gasteiger charge is -2.35. The van der Waals surface area contributed by atoms with E-state index in [9.17, 15) is 0 Å². The van der Waals surface area contributed by atoms with E-state index in [1.165, 1.54) is 0 Å². The Bertz CT molecular complexity index is 372. The molecule has 100 valence electrons. The molecule has 18 heavy (non-hydrogen) atoms. The third-order valence-electron chi connectivity index (χ3n) is 3.02. The summed E-state index contributed by atoms with van der Waals surface area (Å²) < 4.78 is 7.16. The van der Waals surface area contributed by atoms with E-state index in [1.54, 1.807) is 0 Å². The van der Waals surface area contributed by atoms with Gasteiger partial charge in [0.05, 0.1) is 0 Å². The van der Waals surface area contributed by atoms with Crippen LogP contribution in [0.3, 0.4) is 0 Å². The Morgan fingerprint density at radius 1 is 1.22 bits per heavy atom. The number of piperazine rings is 1. The Labute approximate surface area is 118 Å². The number of nitrogens with zero attached hydrogens (tertiary/aromatic N) is 1. The molecule has 1 aromatic carbocycles. The maximum Gasteiger partial charge on any atom is 0.120 e. The van der Waals surface area contributed by atoms with E-state index in [1.807, 2.05) is 24.3 Å². The molecule has 0 radical (unpaired) electrons.